The molecule has 0 aliphatic carbocycles. The molecule has 2 rings (SSSR count). The number of anilines is 1. The second-order valence-electron chi connectivity index (χ2n) is 5.98. The van der Waals surface area contributed by atoms with E-state index in [0.717, 1.165) is 11.6 Å². The molecule has 1 N–H and O–H groups in total. The molecule has 1 aliphatic heterocycles. The Balaban J connectivity index is 1.85. The fraction of sp³-hybridized carbons (Fsp3) is 0.667. The van der Waals surface area contributed by atoms with Gasteiger partial charge in [-0.2, -0.15) is 0 Å². The summed E-state index contributed by atoms with van der Waals surface area (Å²) in [4.78, 5) is 13.9. The topological polar surface area (TPSA) is 37.3 Å². The predicted octanol–water partition coefficient (Wildman–Crippen LogP) is 1.92. The third-order valence-corrected chi connectivity index (χ3v) is 3.67. The molecule has 0 atom stereocenters. The minimum Gasteiger partial charge on any atom is -0.381 e. The van der Waals surface area contributed by atoms with Crippen LogP contribution in [0, 0.1) is 5.92 Å². The van der Waals surface area contributed by atoms with E-state index in [2.05, 4.69) is 24.1 Å². The number of pyridine rings is 1. The van der Waals surface area contributed by atoms with E-state index in [1.165, 1.54) is 32.5 Å². The first-order valence-corrected chi connectivity index (χ1v) is 7.20. The number of likely N-dealkylation sites (tertiary alicyclic amines) is 1. The van der Waals surface area contributed by atoms with Crippen molar-refractivity contribution in [1.82, 2.24) is 9.47 Å². The summed E-state index contributed by atoms with van der Waals surface area (Å²) in [7, 11) is 1.79. The molecule has 0 aromatic carbocycles. The molecule has 1 aromatic rings. The molecule has 1 aliphatic rings. The first-order chi connectivity index (χ1) is 9.04. The van der Waals surface area contributed by atoms with Crippen molar-refractivity contribution in [3.05, 3.63) is 28.7 Å². The monoisotopic (exact) mass is 263 g/mol. The highest BCUT2D eigenvalue weighted by Gasteiger charge is 2.19. The molecule has 19 heavy (non-hydrogen) atoms. The molecular formula is C15H25N3O. The fourth-order valence-electron chi connectivity index (χ4n) is 2.69. The van der Waals surface area contributed by atoms with Crippen LogP contribution in [0.15, 0.2) is 23.1 Å². The van der Waals surface area contributed by atoms with E-state index in [4.69, 9.17) is 0 Å². The van der Waals surface area contributed by atoms with E-state index in [9.17, 15) is 4.79 Å². The Bertz CT molecular complexity index is 459. The number of rotatable bonds is 4. The number of hydrogen-bond donors (Lipinski definition) is 1. The lowest BCUT2D eigenvalue weighted by molar-refractivity contribution is 0.198. The SMILES string of the molecule is CC(C)CN1CCC(Nc2ccc(=O)n(C)c2)CC1. The molecule has 106 valence electrons. The highest BCUT2D eigenvalue weighted by atomic mass is 16.1. The van der Waals surface area contributed by atoms with Crippen LogP contribution in [-0.2, 0) is 7.05 Å². The van der Waals surface area contributed by atoms with E-state index in [0.29, 0.717) is 6.04 Å². The molecule has 0 unspecified atom stereocenters. The molecule has 1 aromatic heterocycles. The van der Waals surface area contributed by atoms with Gasteiger partial charge in [-0.25, -0.2) is 0 Å². The van der Waals surface area contributed by atoms with Gasteiger partial charge < -0.3 is 14.8 Å². The maximum atomic E-state index is 11.3. The summed E-state index contributed by atoms with van der Waals surface area (Å²) in [6.07, 6.45) is 4.23. The average molecular weight is 263 g/mol. The molecule has 1 fully saturated rings. The quantitative estimate of drug-likeness (QED) is 0.902. The van der Waals surface area contributed by atoms with E-state index < -0.39 is 0 Å². The van der Waals surface area contributed by atoms with E-state index in [1.54, 1.807) is 17.7 Å². The van der Waals surface area contributed by atoms with Crippen LogP contribution in [0.5, 0.6) is 0 Å². The molecule has 4 nitrogen and oxygen atoms in total. The number of nitrogens with zero attached hydrogens (tertiary/aromatic N) is 2. The number of aromatic nitrogens is 1. The van der Waals surface area contributed by atoms with Crippen molar-refractivity contribution in [1.29, 1.82) is 0 Å². The van der Waals surface area contributed by atoms with Gasteiger partial charge in [-0.1, -0.05) is 13.8 Å². The standard InChI is InChI=1S/C15H25N3O/c1-12(2)10-18-8-6-13(7-9-18)16-14-4-5-15(19)17(3)11-14/h4-5,11-13,16H,6-10H2,1-3H3. The van der Waals surface area contributed by atoms with Gasteiger partial charge in [0.15, 0.2) is 0 Å². The predicted molar refractivity (Wildman–Crippen MR) is 79.6 cm³/mol. The molecule has 0 radical (unpaired) electrons. The van der Waals surface area contributed by atoms with Crippen LogP contribution in [0.3, 0.4) is 0 Å². The highest BCUT2D eigenvalue weighted by Crippen LogP contribution is 2.16. The van der Waals surface area contributed by atoms with Crippen LogP contribution < -0.4 is 10.9 Å². The lowest BCUT2D eigenvalue weighted by atomic mass is 10.0. The van der Waals surface area contributed by atoms with Gasteiger partial charge in [0.1, 0.15) is 0 Å². The summed E-state index contributed by atoms with van der Waals surface area (Å²) in [5.74, 6) is 0.744. The summed E-state index contributed by atoms with van der Waals surface area (Å²) >= 11 is 0. The second-order valence-corrected chi connectivity index (χ2v) is 5.98. The van der Waals surface area contributed by atoms with E-state index in [1.807, 2.05) is 12.3 Å². The molecule has 4 heteroatoms. The van der Waals surface area contributed by atoms with Crippen molar-refractivity contribution >= 4 is 5.69 Å². The van der Waals surface area contributed by atoms with Crippen molar-refractivity contribution in [2.24, 2.45) is 13.0 Å². The Hall–Kier alpha value is -1.29. The molecule has 1 saturated heterocycles. The van der Waals surface area contributed by atoms with Crippen molar-refractivity contribution in [3.8, 4) is 0 Å². The number of nitrogens with one attached hydrogen (secondary N) is 1. The van der Waals surface area contributed by atoms with Crippen molar-refractivity contribution < 1.29 is 0 Å². The van der Waals surface area contributed by atoms with Crippen LogP contribution >= 0.6 is 0 Å². The summed E-state index contributed by atoms with van der Waals surface area (Å²) in [6, 6.07) is 4.03. The molecule has 0 saturated carbocycles. The maximum absolute atomic E-state index is 11.3. The number of aryl methyl sites for hydroxylation is 1. The number of hydrogen-bond acceptors (Lipinski definition) is 3. The Morgan fingerprint density at radius 3 is 2.58 bits per heavy atom. The van der Waals surface area contributed by atoms with Gasteiger partial charge in [-0.05, 0) is 24.8 Å². The van der Waals surface area contributed by atoms with Crippen molar-refractivity contribution in [2.45, 2.75) is 32.7 Å². The summed E-state index contributed by atoms with van der Waals surface area (Å²) in [6.45, 7) is 8.08. The fourth-order valence-corrected chi connectivity index (χ4v) is 2.69. The van der Waals surface area contributed by atoms with Gasteiger partial charge in [0.05, 0.1) is 5.69 Å². The van der Waals surface area contributed by atoms with Gasteiger partial charge in [0.25, 0.3) is 0 Å². The first-order valence-electron chi connectivity index (χ1n) is 7.20. The minimum absolute atomic E-state index is 0.0392. The van der Waals surface area contributed by atoms with Gasteiger partial charge in [-0.15, -0.1) is 0 Å². The van der Waals surface area contributed by atoms with Gasteiger partial charge in [0, 0.05) is 45.0 Å². The van der Waals surface area contributed by atoms with Crippen LogP contribution in [0.25, 0.3) is 0 Å². The molecule has 0 spiro atoms. The largest absolute Gasteiger partial charge is 0.381 e. The van der Waals surface area contributed by atoms with E-state index >= 15 is 0 Å². The van der Waals surface area contributed by atoms with Gasteiger partial charge >= 0.3 is 0 Å². The Kier molecular flexibility index (Phi) is 4.64. The van der Waals surface area contributed by atoms with Gasteiger partial charge in [-0.3, -0.25) is 4.79 Å². The average Bonchev–Trinajstić information content (AvgIpc) is 2.36. The van der Waals surface area contributed by atoms with Crippen molar-refractivity contribution in [3.63, 3.8) is 0 Å². The normalized spacial score (nSPS) is 17.9. The highest BCUT2D eigenvalue weighted by molar-refractivity contribution is 5.41. The lowest BCUT2D eigenvalue weighted by Crippen LogP contribution is -2.40. The Labute approximate surface area is 115 Å². The zero-order valence-corrected chi connectivity index (χ0v) is 12.2. The lowest BCUT2D eigenvalue weighted by Gasteiger charge is -2.33. The van der Waals surface area contributed by atoms with Gasteiger partial charge in [0.2, 0.25) is 5.56 Å². The Morgan fingerprint density at radius 2 is 2.00 bits per heavy atom. The summed E-state index contributed by atoms with van der Waals surface area (Å²) in [5.41, 5.74) is 1.08. The Morgan fingerprint density at radius 1 is 1.32 bits per heavy atom. The van der Waals surface area contributed by atoms with Crippen LogP contribution in [0.4, 0.5) is 5.69 Å². The zero-order valence-electron chi connectivity index (χ0n) is 12.2. The van der Waals surface area contributed by atoms with Crippen LogP contribution in [0.1, 0.15) is 26.7 Å². The molecule has 0 bridgehead atoms. The first kappa shape index (κ1) is 14.1. The smallest absolute Gasteiger partial charge is 0.250 e. The van der Waals surface area contributed by atoms with Crippen LogP contribution in [-0.4, -0.2) is 35.1 Å². The third-order valence-electron chi connectivity index (χ3n) is 3.67. The molecule has 2 heterocycles. The molecule has 0 amide bonds. The van der Waals surface area contributed by atoms with E-state index in [-0.39, 0.29) is 5.56 Å². The zero-order chi connectivity index (χ0) is 13.8. The van der Waals surface area contributed by atoms with Crippen molar-refractivity contribution in [2.75, 3.05) is 25.0 Å². The third kappa shape index (κ3) is 4.10. The maximum Gasteiger partial charge on any atom is 0.250 e. The summed E-state index contributed by atoms with van der Waals surface area (Å²) in [5, 5.41) is 3.54. The van der Waals surface area contributed by atoms with Crippen LogP contribution in [0.2, 0.25) is 0 Å². The second kappa shape index (κ2) is 6.24. The number of piperidine rings is 1. The summed E-state index contributed by atoms with van der Waals surface area (Å²) < 4.78 is 1.62. The minimum atomic E-state index is 0.0392. The molecular weight excluding hydrogens is 238 g/mol.